The van der Waals surface area contributed by atoms with E-state index in [-0.39, 0.29) is 0 Å². The molecule has 2 heterocycles. The monoisotopic (exact) mass is 335 g/mol. The smallest absolute Gasteiger partial charge is 0.0366 e. The zero-order chi connectivity index (χ0) is 16.9. The van der Waals surface area contributed by atoms with Gasteiger partial charge in [0, 0.05) is 37.9 Å². The van der Waals surface area contributed by atoms with Crippen molar-refractivity contribution in [2.75, 3.05) is 44.2 Å². The molecule has 3 heteroatoms. The summed E-state index contributed by atoms with van der Waals surface area (Å²) in [5, 5.41) is 3.52. The van der Waals surface area contributed by atoms with Gasteiger partial charge in [0.15, 0.2) is 0 Å². The van der Waals surface area contributed by atoms with Gasteiger partial charge < -0.3 is 10.2 Å². The van der Waals surface area contributed by atoms with Crippen molar-refractivity contribution >= 4 is 5.69 Å². The van der Waals surface area contributed by atoms with Crippen LogP contribution in [0.5, 0.6) is 0 Å². The van der Waals surface area contributed by atoms with Crippen molar-refractivity contribution in [1.82, 2.24) is 10.2 Å². The van der Waals surface area contributed by atoms with Crippen molar-refractivity contribution in [2.24, 2.45) is 0 Å². The third kappa shape index (κ3) is 4.05. The number of hydrogen-bond donors (Lipinski definition) is 1. The van der Waals surface area contributed by atoms with Crippen LogP contribution in [0, 0.1) is 0 Å². The Morgan fingerprint density at radius 1 is 0.720 bits per heavy atom. The second kappa shape index (κ2) is 8.03. The maximum atomic E-state index is 3.52. The molecule has 2 saturated heterocycles. The van der Waals surface area contributed by atoms with E-state index >= 15 is 0 Å². The quantitative estimate of drug-likeness (QED) is 0.924. The van der Waals surface area contributed by atoms with Gasteiger partial charge in [0.1, 0.15) is 0 Å². The predicted octanol–water partition coefficient (Wildman–Crippen LogP) is 3.62. The molecule has 0 spiro atoms. The number of rotatable bonds is 3. The van der Waals surface area contributed by atoms with Crippen molar-refractivity contribution in [3.8, 4) is 11.1 Å². The lowest BCUT2D eigenvalue weighted by Gasteiger charge is -2.39. The van der Waals surface area contributed by atoms with Gasteiger partial charge in [-0.15, -0.1) is 0 Å². The molecule has 2 aliphatic rings. The Hall–Kier alpha value is -1.84. The van der Waals surface area contributed by atoms with E-state index < -0.39 is 0 Å². The van der Waals surface area contributed by atoms with Crippen LogP contribution < -0.4 is 10.2 Å². The summed E-state index contributed by atoms with van der Waals surface area (Å²) >= 11 is 0. The van der Waals surface area contributed by atoms with Crippen molar-refractivity contribution in [1.29, 1.82) is 0 Å². The summed E-state index contributed by atoms with van der Waals surface area (Å²) in [7, 11) is 0. The Balaban J connectivity index is 1.36. The predicted molar refractivity (Wildman–Crippen MR) is 106 cm³/mol. The first kappa shape index (κ1) is 16.6. The molecule has 25 heavy (non-hydrogen) atoms. The first-order valence-electron chi connectivity index (χ1n) is 9.75. The van der Waals surface area contributed by atoms with Gasteiger partial charge in [-0.3, -0.25) is 4.90 Å². The molecule has 132 valence electrons. The summed E-state index contributed by atoms with van der Waals surface area (Å²) < 4.78 is 0. The average Bonchev–Trinajstić information content (AvgIpc) is 2.99. The fraction of sp³-hybridized carbons (Fsp3) is 0.455. The summed E-state index contributed by atoms with van der Waals surface area (Å²) in [6.07, 6.45) is 3.88. The third-order valence-electron chi connectivity index (χ3n) is 5.70. The van der Waals surface area contributed by atoms with E-state index in [0.717, 1.165) is 12.6 Å². The van der Waals surface area contributed by atoms with Gasteiger partial charge in [-0.2, -0.15) is 0 Å². The van der Waals surface area contributed by atoms with E-state index in [4.69, 9.17) is 0 Å². The Morgan fingerprint density at radius 3 is 2.20 bits per heavy atom. The fourth-order valence-electron chi connectivity index (χ4n) is 4.22. The van der Waals surface area contributed by atoms with Crippen LogP contribution in [0.25, 0.3) is 11.1 Å². The van der Waals surface area contributed by atoms with Crippen molar-refractivity contribution in [2.45, 2.75) is 25.3 Å². The standard InChI is InChI=1S/C22H29N3/c1-2-5-19(6-3-1)20-7-9-21(10-8-20)25-16-11-22(12-17-25)24-15-4-13-23-14-18-24/h1-3,5-10,22-23H,4,11-18H2. The molecule has 0 amide bonds. The van der Waals surface area contributed by atoms with Crippen LogP contribution in [0.15, 0.2) is 54.6 Å². The van der Waals surface area contributed by atoms with Gasteiger partial charge in [-0.25, -0.2) is 0 Å². The van der Waals surface area contributed by atoms with Crippen molar-refractivity contribution < 1.29 is 0 Å². The molecule has 1 N–H and O–H groups in total. The average molecular weight is 335 g/mol. The van der Waals surface area contributed by atoms with Crippen molar-refractivity contribution in [3.63, 3.8) is 0 Å². The van der Waals surface area contributed by atoms with Crippen LogP contribution in [-0.4, -0.2) is 50.2 Å². The maximum Gasteiger partial charge on any atom is 0.0366 e. The second-order valence-electron chi connectivity index (χ2n) is 7.27. The highest BCUT2D eigenvalue weighted by Gasteiger charge is 2.25. The van der Waals surface area contributed by atoms with Crippen LogP contribution in [0.2, 0.25) is 0 Å². The highest BCUT2D eigenvalue weighted by Crippen LogP contribution is 2.26. The SMILES string of the molecule is c1ccc(-c2ccc(N3CCC(N4CCCNCC4)CC3)cc2)cc1. The molecule has 4 rings (SSSR count). The van der Waals surface area contributed by atoms with E-state index in [9.17, 15) is 0 Å². The Labute approximate surface area is 151 Å². The zero-order valence-electron chi connectivity index (χ0n) is 15.0. The largest absolute Gasteiger partial charge is 0.371 e. The first-order chi connectivity index (χ1) is 12.4. The van der Waals surface area contributed by atoms with Gasteiger partial charge in [-0.1, -0.05) is 42.5 Å². The van der Waals surface area contributed by atoms with Gasteiger partial charge in [0.2, 0.25) is 0 Å². The summed E-state index contributed by atoms with van der Waals surface area (Å²) in [6.45, 7) is 7.18. The number of benzene rings is 2. The molecule has 0 atom stereocenters. The van der Waals surface area contributed by atoms with Crippen LogP contribution in [0.3, 0.4) is 0 Å². The lowest BCUT2D eigenvalue weighted by Crippen LogP contribution is -2.46. The molecule has 0 bridgehead atoms. The highest BCUT2D eigenvalue weighted by atomic mass is 15.2. The zero-order valence-corrected chi connectivity index (χ0v) is 15.0. The first-order valence-corrected chi connectivity index (χ1v) is 9.75. The summed E-state index contributed by atoms with van der Waals surface area (Å²) in [5.74, 6) is 0. The van der Waals surface area contributed by atoms with Gasteiger partial charge in [-0.05, 0) is 55.6 Å². The Bertz CT molecular complexity index is 637. The minimum absolute atomic E-state index is 0.778. The van der Waals surface area contributed by atoms with Crippen LogP contribution in [0.4, 0.5) is 5.69 Å². The van der Waals surface area contributed by atoms with E-state index in [1.54, 1.807) is 0 Å². The number of nitrogens with zero attached hydrogens (tertiary/aromatic N) is 2. The molecule has 3 nitrogen and oxygen atoms in total. The van der Waals surface area contributed by atoms with Crippen LogP contribution in [0.1, 0.15) is 19.3 Å². The highest BCUT2D eigenvalue weighted by molar-refractivity contribution is 5.66. The normalized spacial score (nSPS) is 20.4. The molecule has 0 saturated carbocycles. The summed E-state index contributed by atoms with van der Waals surface area (Å²) in [5.41, 5.74) is 3.97. The van der Waals surface area contributed by atoms with Crippen LogP contribution >= 0.6 is 0 Å². The minimum atomic E-state index is 0.778. The fourth-order valence-corrected chi connectivity index (χ4v) is 4.22. The Morgan fingerprint density at radius 2 is 1.44 bits per heavy atom. The molecule has 0 aromatic heterocycles. The van der Waals surface area contributed by atoms with E-state index in [0.29, 0.717) is 0 Å². The molecular formula is C22H29N3. The third-order valence-corrected chi connectivity index (χ3v) is 5.70. The Kier molecular flexibility index (Phi) is 5.34. The number of hydrogen-bond acceptors (Lipinski definition) is 3. The van der Waals surface area contributed by atoms with Gasteiger partial charge >= 0.3 is 0 Å². The van der Waals surface area contributed by atoms with Gasteiger partial charge in [0.25, 0.3) is 0 Å². The number of piperidine rings is 1. The van der Waals surface area contributed by atoms with Crippen LogP contribution in [-0.2, 0) is 0 Å². The van der Waals surface area contributed by atoms with E-state index in [2.05, 4.69) is 69.7 Å². The number of nitrogens with one attached hydrogen (secondary N) is 1. The maximum absolute atomic E-state index is 3.52. The molecule has 2 aromatic rings. The topological polar surface area (TPSA) is 18.5 Å². The molecule has 2 aliphatic heterocycles. The molecule has 2 fully saturated rings. The summed E-state index contributed by atoms with van der Waals surface area (Å²) in [6, 6.07) is 20.5. The molecule has 0 aliphatic carbocycles. The lowest BCUT2D eigenvalue weighted by atomic mass is 10.0. The van der Waals surface area contributed by atoms with E-state index in [1.165, 1.54) is 68.8 Å². The lowest BCUT2D eigenvalue weighted by molar-refractivity contribution is 0.180. The second-order valence-corrected chi connectivity index (χ2v) is 7.27. The number of anilines is 1. The molecule has 0 radical (unpaired) electrons. The van der Waals surface area contributed by atoms with Crippen molar-refractivity contribution in [3.05, 3.63) is 54.6 Å². The minimum Gasteiger partial charge on any atom is -0.371 e. The summed E-state index contributed by atoms with van der Waals surface area (Å²) in [4.78, 5) is 5.27. The van der Waals surface area contributed by atoms with E-state index in [1.807, 2.05) is 0 Å². The molecular weight excluding hydrogens is 306 g/mol. The molecule has 0 unspecified atom stereocenters. The molecule has 2 aromatic carbocycles. The van der Waals surface area contributed by atoms with Gasteiger partial charge in [0.05, 0.1) is 0 Å².